The molecule has 1 unspecified atom stereocenters. The van der Waals surface area contributed by atoms with Crippen LogP contribution in [-0.2, 0) is 9.47 Å². The van der Waals surface area contributed by atoms with Crippen LogP contribution in [0.5, 0.6) is 0 Å². The molecule has 1 aliphatic rings. The van der Waals surface area contributed by atoms with Crippen LogP contribution in [-0.4, -0.2) is 54.3 Å². The van der Waals surface area contributed by atoms with Crippen molar-refractivity contribution in [1.82, 2.24) is 9.88 Å². The van der Waals surface area contributed by atoms with E-state index in [0.717, 1.165) is 0 Å². The van der Waals surface area contributed by atoms with Gasteiger partial charge >= 0.3 is 0 Å². The fraction of sp³-hybridized carbons (Fsp3) is 0.615. The van der Waals surface area contributed by atoms with Crippen LogP contribution in [0.2, 0.25) is 0 Å². The highest BCUT2D eigenvalue weighted by Gasteiger charge is 2.36. The lowest BCUT2D eigenvalue weighted by molar-refractivity contribution is -0.143. The van der Waals surface area contributed by atoms with Gasteiger partial charge in [-0.3, -0.25) is 4.79 Å². The molecule has 2 heterocycles. The Morgan fingerprint density at radius 3 is 3.06 bits per heavy atom. The van der Waals surface area contributed by atoms with E-state index in [1.165, 1.54) is 0 Å². The van der Waals surface area contributed by atoms with Gasteiger partial charge in [0.15, 0.2) is 0 Å². The number of carbonyl (C=O) groups is 1. The maximum atomic E-state index is 12.3. The Morgan fingerprint density at radius 1 is 1.67 bits per heavy atom. The highest BCUT2D eigenvalue weighted by atomic mass is 16.5. The molecule has 5 heteroatoms. The zero-order chi connectivity index (χ0) is 13.2. The topological polar surface area (TPSA) is 54.6 Å². The third-order valence-electron chi connectivity index (χ3n) is 2.95. The molecule has 0 spiro atoms. The number of amides is 1. The summed E-state index contributed by atoms with van der Waals surface area (Å²) in [6, 6.07) is 3.61. The van der Waals surface area contributed by atoms with E-state index in [1.54, 1.807) is 19.4 Å². The number of hydrogen-bond donors (Lipinski definition) is 1. The lowest BCUT2D eigenvalue weighted by Crippen LogP contribution is -2.55. The normalized spacial score (nSPS) is 23.1. The van der Waals surface area contributed by atoms with E-state index in [-0.39, 0.29) is 17.6 Å². The molecule has 1 saturated heterocycles. The van der Waals surface area contributed by atoms with Crippen molar-refractivity contribution >= 4 is 5.91 Å². The summed E-state index contributed by atoms with van der Waals surface area (Å²) in [4.78, 5) is 17.1. The minimum absolute atomic E-state index is 0.0116. The Balaban J connectivity index is 2.10. The summed E-state index contributed by atoms with van der Waals surface area (Å²) in [7, 11) is 1.64. The Hall–Kier alpha value is -1.33. The fourth-order valence-electron chi connectivity index (χ4n) is 2.36. The van der Waals surface area contributed by atoms with Gasteiger partial charge in [0.05, 0.1) is 18.3 Å². The highest BCUT2D eigenvalue weighted by molar-refractivity contribution is 5.92. The van der Waals surface area contributed by atoms with Crippen molar-refractivity contribution in [3.8, 4) is 0 Å². The van der Waals surface area contributed by atoms with Crippen molar-refractivity contribution in [2.45, 2.75) is 25.6 Å². The van der Waals surface area contributed by atoms with Gasteiger partial charge in [-0.05, 0) is 26.0 Å². The number of nitrogens with one attached hydrogen (secondary N) is 1. The maximum Gasteiger partial charge on any atom is 0.270 e. The number of nitrogens with zero attached hydrogens (tertiary/aromatic N) is 1. The lowest BCUT2D eigenvalue weighted by atomic mass is 10.0. The number of hydrogen-bond acceptors (Lipinski definition) is 3. The zero-order valence-corrected chi connectivity index (χ0v) is 11.1. The summed E-state index contributed by atoms with van der Waals surface area (Å²) in [6.07, 6.45) is 1.68. The molecule has 1 atom stereocenters. The number of ether oxygens (including phenoxy) is 2. The van der Waals surface area contributed by atoms with Gasteiger partial charge in [-0.25, -0.2) is 0 Å². The molecule has 1 aromatic rings. The molecule has 0 saturated carbocycles. The van der Waals surface area contributed by atoms with Gasteiger partial charge in [-0.2, -0.15) is 0 Å². The lowest BCUT2D eigenvalue weighted by Gasteiger charge is -2.42. The molecule has 0 bridgehead atoms. The van der Waals surface area contributed by atoms with Gasteiger partial charge in [0.1, 0.15) is 5.69 Å². The first-order valence-electron chi connectivity index (χ1n) is 6.11. The molecule has 1 aliphatic heterocycles. The predicted octanol–water partition coefficient (Wildman–Crippen LogP) is 1.28. The van der Waals surface area contributed by atoms with E-state index < -0.39 is 0 Å². The number of aromatic nitrogens is 1. The molecule has 18 heavy (non-hydrogen) atoms. The average molecular weight is 252 g/mol. The Bertz CT molecular complexity index is 400. The second-order valence-electron chi connectivity index (χ2n) is 5.22. The molecule has 1 fully saturated rings. The van der Waals surface area contributed by atoms with E-state index in [0.29, 0.717) is 25.4 Å². The van der Waals surface area contributed by atoms with Crippen LogP contribution in [0.1, 0.15) is 24.3 Å². The summed E-state index contributed by atoms with van der Waals surface area (Å²) in [5.74, 6) is 0.0116. The van der Waals surface area contributed by atoms with Gasteiger partial charge in [0.2, 0.25) is 0 Å². The Morgan fingerprint density at radius 2 is 2.44 bits per heavy atom. The summed E-state index contributed by atoms with van der Waals surface area (Å²) >= 11 is 0. The van der Waals surface area contributed by atoms with E-state index in [2.05, 4.69) is 4.98 Å². The monoisotopic (exact) mass is 252 g/mol. The number of carbonyl (C=O) groups excluding carboxylic acids is 1. The highest BCUT2D eigenvalue weighted by Crippen LogP contribution is 2.22. The summed E-state index contributed by atoms with van der Waals surface area (Å²) in [6.45, 7) is 5.63. The molecule has 2 rings (SSSR count). The number of methoxy groups -OCH3 is 1. The predicted molar refractivity (Wildman–Crippen MR) is 67.5 cm³/mol. The van der Waals surface area contributed by atoms with Gasteiger partial charge in [0.25, 0.3) is 5.91 Å². The van der Waals surface area contributed by atoms with Crippen molar-refractivity contribution in [2.24, 2.45) is 0 Å². The number of aromatic amines is 1. The van der Waals surface area contributed by atoms with Crippen LogP contribution in [0.15, 0.2) is 18.3 Å². The average Bonchev–Trinajstić information content (AvgIpc) is 2.79. The summed E-state index contributed by atoms with van der Waals surface area (Å²) in [5.41, 5.74) is 0.271. The van der Waals surface area contributed by atoms with Crippen LogP contribution in [0.3, 0.4) is 0 Å². The molecule has 1 amide bonds. The van der Waals surface area contributed by atoms with Gasteiger partial charge in [-0.15, -0.1) is 0 Å². The first kappa shape index (κ1) is 13.1. The number of H-pyrrole nitrogens is 1. The van der Waals surface area contributed by atoms with E-state index in [1.807, 2.05) is 24.8 Å². The van der Waals surface area contributed by atoms with Crippen molar-refractivity contribution < 1.29 is 14.3 Å². The number of rotatable bonds is 3. The molecule has 1 aromatic heterocycles. The molecule has 0 aromatic carbocycles. The first-order valence-corrected chi connectivity index (χ1v) is 6.11. The first-order chi connectivity index (χ1) is 8.52. The van der Waals surface area contributed by atoms with Crippen LogP contribution < -0.4 is 0 Å². The van der Waals surface area contributed by atoms with E-state index in [4.69, 9.17) is 9.47 Å². The van der Waals surface area contributed by atoms with Crippen molar-refractivity contribution in [2.75, 3.05) is 26.8 Å². The number of morpholine rings is 1. The van der Waals surface area contributed by atoms with Gasteiger partial charge < -0.3 is 19.4 Å². The minimum Gasteiger partial charge on any atom is -0.382 e. The Labute approximate surface area is 107 Å². The third kappa shape index (κ3) is 2.91. The molecular weight excluding hydrogens is 232 g/mol. The van der Waals surface area contributed by atoms with Crippen LogP contribution >= 0.6 is 0 Å². The SMILES string of the molecule is COCC1CN(C(=O)c2ccc[nH]2)CC(C)(C)O1. The molecule has 0 aliphatic carbocycles. The molecular formula is C13H20N2O3. The maximum absolute atomic E-state index is 12.3. The van der Waals surface area contributed by atoms with E-state index in [9.17, 15) is 4.79 Å². The molecule has 5 nitrogen and oxygen atoms in total. The Kier molecular flexibility index (Phi) is 3.73. The molecule has 0 radical (unpaired) electrons. The van der Waals surface area contributed by atoms with Crippen LogP contribution in [0.25, 0.3) is 0 Å². The second-order valence-corrected chi connectivity index (χ2v) is 5.22. The largest absolute Gasteiger partial charge is 0.382 e. The standard InChI is InChI=1S/C13H20N2O3/c1-13(2)9-15(7-10(18-13)8-17-3)12(16)11-5-4-6-14-11/h4-6,10,14H,7-9H2,1-3H3. The summed E-state index contributed by atoms with van der Waals surface area (Å²) in [5, 5.41) is 0. The van der Waals surface area contributed by atoms with Crippen molar-refractivity contribution in [3.63, 3.8) is 0 Å². The quantitative estimate of drug-likeness (QED) is 0.881. The van der Waals surface area contributed by atoms with Crippen LogP contribution in [0, 0.1) is 0 Å². The van der Waals surface area contributed by atoms with Crippen molar-refractivity contribution in [3.05, 3.63) is 24.0 Å². The molecule has 1 N–H and O–H groups in total. The molecule has 100 valence electrons. The van der Waals surface area contributed by atoms with Crippen LogP contribution in [0.4, 0.5) is 0 Å². The van der Waals surface area contributed by atoms with Gasteiger partial charge in [0, 0.05) is 26.4 Å². The zero-order valence-electron chi connectivity index (χ0n) is 11.1. The fourth-order valence-corrected chi connectivity index (χ4v) is 2.36. The summed E-state index contributed by atoms with van der Waals surface area (Å²) < 4.78 is 11.0. The smallest absolute Gasteiger partial charge is 0.270 e. The minimum atomic E-state index is -0.344. The van der Waals surface area contributed by atoms with Gasteiger partial charge in [-0.1, -0.05) is 0 Å². The van der Waals surface area contributed by atoms with Crippen molar-refractivity contribution in [1.29, 1.82) is 0 Å². The second kappa shape index (κ2) is 5.12. The van der Waals surface area contributed by atoms with E-state index >= 15 is 0 Å². The third-order valence-corrected chi connectivity index (χ3v) is 2.95.